The molecule has 10 nitrogen and oxygen atoms in total. The molecule has 0 bridgehead atoms. The van der Waals surface area contributed by atoms with Crippen molar-refractivity contribution in [2.24, 2.45) is 0 Å². The van der Waals surface area contributed by atoms with E-state index >= 15 is 0 Å². The number of nitro groups is 1. The molecular weight excluding hydrogens is 565 g/mol. The minimum Gasteiger partial charge on any atom is -0.490 e. The number of amides is 3. The second-order valence-corrected chi connectivity index (χ2v) is 9.70. The first-order valence-corrected chi connectivity index (χ1v) is 13.0. The van der Waals surface area contributed by atoms with Crippen LogP contribution in [0.25, 0.3) is 6.08 Å². The van der Waals surface area contributed by atoms with Gasteiger partial charge in [0.15, 0.2) is 11.5 Å². The minimum atomic E-state index is -0.653. The molecule has 0 radical (unpaired) electrons. The molecule has 0 spiro atoms. The Balaban J connectivity index is 1.43. The second-order valence-electron chi connectivity index (χ2n) is 8.30. The summed E-state index contributed by atoms with van der Waals surface area (Å²) in [6.45, 7) is 1.74. The Kier molecular flexibility index (Phi) is 9.02. The summed E-state index contributed by atoms with van der Waals surface area (Å²) in [4.78, 5) is 49.0. The lowest BCUT2D eigenvalue weighted by atomic mass is 10.1. The van der Waals surface area contributed by atoms with Gasteiger partial charge in [-0.15, -0.1) is 0 Å². The average Bonchev–Trinajstić information content (AvgIpc) is 3.18. The zero-order chi connectivity index (χ0) is 28.8. The Labute approximate surface area is 236 Å². The third-order valence-corrected chi connectivity index (χ3v) is 6.68. The third-order valence-electron chi connectivity index (χ3n) is 5.49. The van der Waals surface area contributed by atoms with Gasteiger partial charge in [-0.1, -0.05) is 17.7 Å². The summed E-state index contributed by atoms with van der Waals surface area (Å²) in [5, 5.41) is 12.5. The van der Waals surface area contributed by atoms with Gasteiger partial charge >= 0.3 is 0 Å². The number of carbonyl (C=O) groups is 3. The van der Waals surface area contributed by atoms with Gasteiger partial charge in [-0.05, 0) is 78.4 Å². The molecule has 206 valence electrons. The van der Waals surface area contributed by atoms with Crippen LogP contribution < -0.4 is 14.8 Å². The van der Waals surface area contributed by atoms with Gasteiger partial charge in [0, 0.05) is 17.8 Å². The van der Waals surface area contributed by atoms with Crippen LogP contribution in [0.4, 0.5) is 20.6 Å². The van der Waals surface area contributed by atoms with E-state index in [2.05, 4.69) is 5.32 Å². The van der Waals surface area contributed by atoms with Gasteiger partial charge in [0.2, 0.25) is 5.91 Å². The maximum atomic E-state index is 13.3. The van der Waals surface area contributed by atoms with Crippen LogP contribution in [0.15, 0.2) is 65.6 Å². The molecule has 0 aliphatic carbocycles. The fraction of sp³-hybridized carbons (Fsp3) is 0.148. The first-order valence-electron chi connectivity index (χ1n) is 11.8. The van der Waals surface area contributed by atoms with E-state index < -0.39 is 34.3 Å². The Morgan fingerprint density at radius 3 is 2.52 bits per heavy atom. The normalized spacial score (nSPS) is 14.0. The summed E-state index contributed by atoms with van der Waals surface area (Å²) >= 11 is 6.41. The highest BCUT2D eigenvalue weighted by Gasteiger charge is 2.36. The Morgan fingerprint density at radius 1 is 1.10 bits per heavy atom. The number of hydrogen-bond donors (Lipinski definition) is 1. The summed E-state index contributed by atoms with van der Waals surface area (Å²) in [5.74, 6) is -1.12. The van der Waals surface area contributed by atoms with Gasteiger partial charge in [-0.25, -0.2) is 4.39 Å². The fourth-order valence-electron chi connectivity index (χ4n) is 3.58. The van der Waals surface area contributed by atoms with Crippen LogP contribution in [0.2, 0.25) is 5.02 Å². The minimum absolute atomic E-state index is 0.0223. The number of halogens is 2. The molecule has 0 saturated carbocycles. The number of nitrogens with one attached hydrogen (secondary N) is 1. The summed E-state index contributed by atoms with van der Waals surface area (Å²) in [6, 6.07) is 14.5. The molecule has 40 heavy (non-hydrogen) atoms. The molecule has 3 aromatic carbocycles. The topological polar surface area (TPSA) is 128 Å². The van der Waals surface area contributed by atoms with Crippen LogP contribution in [-0.2, 0) is 16.2 Å². The predicted octanol–water partition coefficient (Wildman–Crippen LogP) is 6.04. The monoisotopic (exact) mass is 585 g/mol. The van der Waals surface area contributed by atoms with Crippen molar-refractivity contribution in [1.82, 2.24) is 4.90 Å². The first kappa shape index (κ1) is 28.6. The van der Waals surface area contributed by atoms with E-state index in [0.29, 0.717) is 35.4 Å². The summed E-state index contributed by atoms with van der Waals surface area (Å²) < 4.78 is 24.9. The zero-order valence-corrected chi connectivity index (χ0v) is 22.5. The zero-order valence-electron chi connectivity index (χ0n) is 20.9. The first-order chi connectivity index (χ1) is 19.1. The van der Waals surface area contributed by atoms with Crippen molar-refractivity contribution in [3.63, 3.8) is 0 Å². The highest BCUT2D eigenvalue weighted by Crippen LogP contribution is 2.35. The molecule has 13 heteroatoms. The molecule has 4 rings (SSSR count). The van der Waals surface area contributed by atoms with Crippen molar-refractivity contribution in [1.29, 1.82) is 0 Å². The van der Waals surface area contributed by atoms with Gasteiger partial charge in [0.05, 0.1) is 21.5 Å². The van der Waals surface area contributed by atoms with Crippen molar-refractivity contribution >= 4 is 57.9 Å². The van der Waals surface area contributed by atoms with Crippen LogP contribution in [0.5, 0.6) is 11.5 Å². The largest absolute Gasteiger partial charge is 0.490 e. The number of thioether (sulfide) groups is 1. The number of hydrogen-bond acceptors (Lipinski definition) is 8. The Morgan fingerprint density at radius 2 is 1.85 bits per heavy atom. The van der Waals surface area contributed by atoms with Gasteiger partial charge in [0.25, 0.3) is 16.8 Å². The lowest BCUT2D eigenvalue weighted by Gasteiger charge is -2.13. The van der Waals surface area contributed by atoms with Crippen molar-refractivity contribution in [2.75, 3.05) is 18.5 Å². The lowest BCUT2D eigenvalue weighted by Crippen LogP contribution is -2.36. The van der Waals surface area contributed by atoms with Crippen LogP contribution >= 0.6 is 23.4 Å². The smallest absolute Gasteiger partial charge is 0.294 e. The van der Waals surface area contributed by atoms with E-state index in [1.165, 1.54) is 30.3 Å². The lowest BCUT2D eigenvalue weighted by molar-refractivity contribution is -0.384. The van der Waals surface area contributed by atoms with E-state index in [9.17, 15) is 28.9 Å². The number of carbonyl (C=O) groups excluding carboxylic acids is 3. The Hall–Kier alpha value is -4.42. The molecule has 0 aromatic heterocycles. The van der Waals surface area contributed by atoms with E-state index in [-0.39, 0.29) is 27.9 Å². The number of benzene rings is 3. The molecule has 1 N–H and O–H groups in total. The van der Waals surface area contributed by atoms with Gasteiger partial charge in [-0.3, -0.25) is 29.4 Å². The maximum Gasteiger partial charge on any atom is 0.294 e. The molecule has 1 heterocycles. The van der Waals surface area contributed by atoms with Crippen molar-refractivity contribution in [2.45, 2.75) is 13.5 Å². The number of non-ortho nitro benzene ring substituents is 1. The molecular formula is C27H21ClFN3O7S. The van der Waals surface area contributed by atoms with Crippen LogP contribution in [0.1, 0.15) is 18.1 Å². The van der Waals surface area contributed by atoms with Crippen LogP contribution in [0.3, 0.4) is 0 Å². The van der Waals surface area contributed by atoms with E-state index in [0.717, 1.165) is 16.5 Å². The van der Waals surface area contributed by atoms with Crippen LogP contribution in [0, 0.1) is 15.9 Å². The molecule has 1 aliphatic heterocycles. The number of nitrogens with zero attached hydrogens (tertiary/aromatic N) is 2. The van der Waals surface area contributed by atoms with Gasteiger partial charge in [-0.2, -0.15) is 0 Å². The second kappa shape index (κ2) is 12.6. The number of rotatable bonds is 10. The molecule has 0 atom stereocenters. The van der Waals surface area contributed by atoms with Crippen molar-refractivity contribution in [3.05, 3.63) is 97.6 Å². The molecule has 1 saturated heterocycles. The van der Waals surface area contributed by atoms with E-state index in [4.69, 9.17) is 21.1 Å². The molecule has 0 unspecified atom stereocenters. The Bertz CT molecular complexity index is 1510. The number of anilines is 1. The van der Waals surface area contributed by atoms with Gasteiger partial charge in [0.1, 0.15) is 19.0 Å². The van der Waals surface area contributed by atoms with Crippen LogP contribution in [-0.4, -0.2) is 40.0 Å². The fourth-order valence-corrected chi connectivity index (χ4v) is 4.60. The van der Waals surface area contributed by atoms with E-state index in [1.54, 1.807) is 37.3 Å². The highest BCUT2D eigenvalue weighted by molar-refractivity contribution is 8.18. The average molecular weight is 586 g/mol. The SMILES string of the molecule is CCOc1cc(/C=C2/SC(=O)N(CC(=O)Nc3ccc(F)c(Cl)c3)C2=O)ccc1OCc1ccc([N+](=O)[O-])cc1. The predicted molar refractivity (Wildman–Crippen MR) is 148 cm³/mol. The van der Waals surface area contributed by atoms with Gasteiger partial charge < -0.3 is 14.8 Å². The standard InChI is InChI=1S/C27H21ClFN3O7S/c1-2-38-23-11-17(5-10-22(23)39-15-16-3-7-19(8-4-16)32(36)37)12-24-26(34)31(27(35)40-24)14-25(33)30-18-6-9-21(29)20(28)13-18/h3-13H,2,14-15H2,1H3,(H,30,33)/b24-12+. The molecule has 1 aliphatic rings. The van der Waals surface area contributed by atoms with Crippen molar-refractivity contribution in [3.8, 4) is 11.5 Å². The molecule has 3 amide bonds. The number of nitro benzene ring substituents is 1. The van der Waals surface area contributed by atoms with E-state index in [1.807, 2.05) is 0 Å². The maximum absolute atomic E-state index is 13.3. The van der Waals surface area contributed by atoms with Crippen molar-refractivity contribution < 1.29 is 33.2 Å². The third kappa shape index (κ3) is 6.96. The molecule has 3 aromatic rings. The summed E-state index contributed by atoms with van der Waals surface area (Å²) in [5.41, 5.74) is 1.48. The molecule has 1 fully saturated rings. The highest BCUT2D eigenvalue weighted by atomic mass is 35.5. The summed E-state index contributed by atoms with van der Waals surface area (Å²) in [7, 11) is 0. The summed E-state index contributed by atoms with van der Waals surface area (Å²) in [6.07, 6.45) is 1.51. The number of ether oxygens (including phenoxy) is 2. The number of imide groups is 1. The quantitative estimate of drug-likeness (QED) is 0.173.